The molecule has 0 fully saturated rings. The maximum absolute atomic E-state index is 12.8. The van der Waals surface area contributed by atoms with Crippen LogP contribution in [0.3, 0.4) is 0 Å². The monoisotopic (exact) mass is 899 g/mol. The van der Waals surface area contributed by atoms with Gasteiger partial charge in [0.1, 0.15) is 13.2 Å². The van der Waals surface area contributed by atoms with Crippen LogP contribution in [0.25, 0.3) is 0 Å². The molecule has 0 unspecified atom stereocenters. The van der Waals surface area contributed by atoms with Gasteiger partial charge in [-0.15, -0.1) is 0 Å². The molecule has 0 bridgehead atoms. The predicted molar refractivity (Wildman–Crippen MR) is 279 cm³/mol. The summed E-state index contributed by atoms with van der Waals surface area (Å²) in [4.78, 5) is 37.9. The Labute approximate surface area is 399 Å². The Balaban J connectivity index is 4.56. The second-order valence-electron chi connectivity index (χ2n) is 16.7. The van der Waals surface area contributed by atoms with Gasteiger partial charge in [-0.2, -0.15) is 0 Å². The van der Waals surface area contributed by atoms with Crippen LogP contribution in [0.5, 0.6) is 0 Å². The van der Waals surface area contributed by atoms with E-state index >= 15 is 0 Å². The second-order valence-corrected chi connectivity index (χ2v) is 16.7. The summed E-state index contributed by atoms with van der Waals surface area (Å²) in [6, 6.07) is 0. The zero-order chi connectivity index (χ0) is 47.2. The molecule has 0 rings (SSSR count). The van der Waals surface area contributed by atoms with E-state index in [1.54, 1.807) is 0 Å². The van der Waals surface area contributed by atoms with Gasteiger partial charge in [-0.3, -0.25) is 14.4 Å². The van der Waals surface area contributed by atoms with Gasteiger partial charge in [-0.25, -0.2) is 0 Å². The quantitative estimate of drug-likeness (QED) is 0.0262. The first-order valence-corrected chi connectivity index (χ1v) is 26.0. The number of unbranched alkanes of at least 4 members (excludes halogenated alkanes) is 14. The summed E-state index contributed by atoms with van der Waals surface area (Å²) in [5, 5.41) is 0. The van der Waals surface area contributed by atoms with E-state index < -0.39 is 6.10 Å². The first kappa shape index (κ1) is 60.8. The molecule has 0 amide bonds. The maximum atomic E-state index is 12.8. The van der Waals surface area contributed by atoms with Crippen LogP contribution in [0.2, 0.25) is 0 Å². The van der Waals surface area contributed by atoms with Gasteiger partial charge in [0.25, 0.3) is 0 Å². The number of allylic oxidation sites excluding steroid dienone is 20. The normalized spacial score (nSPS) is 13.1. The highest BCUT2D eigenvalue weighted by molar-refractivity contribution is 5.71. The highest BCUT2D eigenvalue weighted by Gasteiger charge is 2.19. The molecule has 0 aromatic carbocycles. The molecule has 0 heterocycles. The van der Waals surface area contributed by atoms with Crippen molar-refractivity contribution in [3.05, 3.63) is 122 Å². The van der Waals surface area contributed by atoms with E-state index in [0.29, 0.717) is 12.8 Å². The van der Waals surface area contributed by atoms with E-state index in [2.05, 4.69) is 130 Å². The predicted octanol–water partition coefficient (Wildman–Crippen LogP) is 17.3. The van der Waals surface area contributed by atoms with Crippen LogP contribution >= 0.6 is 0 Å². The van der Waals surface area contributed by atoms with Crippen LogP contribution < -0.4 is 0 Å². The molecule has 0 radical (unpaired) electrons. The van der Waals surface area contributed by atoms with Gasteiger partial charge >= 0.3 is 17.9 Å². The van der Waals surface area contributed by atoms with Crippen molar-refractivity contribution in [3.8, 4) is 0 Å². The summed E-state index contributed by atoms with van der Waals surface area (Å²) >= 11 is 0. The van der Waals surface area contributed by atoms with Gasteiger partial charge in [-0.05, 0) is 109 Å². The van der Waals surface area contributed by atoms with Gasteiger partial charge in [0.15, 0.2) is 6.10 Å². The Morgan fingerprint density at radius 2 is 0.662 bits per heavy atom. The molecule has 0 saturated carbocycles. The molecule has 0 aromatic heterocycles. The fourth-order valence-electron chi connectivity index (χ4n) is 6.52. The van der Waals surface area contributed by atoms with Crippen molar-refractivity contribution in [3.63, 3.8) is 0 Å². The molecule has 366 valence electrons. The van der Waals surface area contributed by atoms with Gasteiger partial charge in [0, 0.05) is 19.3 Å². The number of carbonyl (C=O) groups is 3. The van der Waals surface area contributed by atoms with Crippen molar-refractivity contribution >= 4 is 17.9 Å². The Morgan fingerprint density at radius 1 is 0.323 bits per heavy atom. The zero-order valence-electron chi connectivity index (χ0n) is 41.7. The molecule has 0 saturated heterocycles. The second kappa shape index (κ2) is 52.4. The van der Waals surface area contributed by atoms with Gasteiger partial charge in [0.2, 0.25) is 0 Å². The van der Waals surface area contributed by atoms with Crippen molar-refractivity contribution in [1.29, 1.82) is 0 Å². The van der Waals surface area contributed by atoms with E-state index in [-0.39, 0.29) is 50.4 Å². The van der Waals surface area contributed by atoms with Crippen LogP contribution in [0.4, 0.5) is 0 Å². The average molecular weight is 899 g/mol. The lowest BCUT2D eigenvalue weighted by atomic mass is 10.1. The highest BCUT2D eigenvalue weighted by atomic mass is 16.6. The molecule has 0 aliphatic carbocycles. The SMILES string of the molecule is CC/C=C\C/C=C\C/C=C\C/C=C\C/C=C\C/C=C\CCC(=O)OC[C@H](COC(=O)CCC/C=C\C/C=C\C/C=C\CCCCCCCC)OC(=O)CCCCCCC/C=C\CCCC. The van der Waals surface area contributed by atoms with E-state index in [1.165, 1.54) is 57.8 Å². The molecule has 0 N–H and O–H groups in total. The van der Waals surface area contributed by atoms with Crippen molar-refractivity contribution in [1.82, 2.24) is 0 Å². The van der Waals surface area contributed by atoms with E-state index in [9.17, 15) is 14.4 Å². The molecule has 6 nitrogen and oxygen atoms in total. The Kier molecular flexibility index (Phi) is 49.1. The molecule has 0 aliphatic rings. The number of hydrogen-bond acceptors (Lipinski definition) is 6. The minimum Gasteiger partial charge on any atom is -0.462 e. The van der Waals surface area contributed by atoms with Gasteiger partial charge < -0.3 is 14.2 Å². The summed E-state index contributed by atoms with van der Waals surface area (Å²) in [6.45, 7) is 6.34. The third-order valence-corrected chi connectivity index (χ3v) is 10.4. The van der Waals surface area contributed by atoms with Gasteiger partial charge in [0.05, 0.1) is 0 Å². The third kappa shape index (κ3) is 50.7. The minimum absolute atomic E-state index is 0.134. The lowest BCUT2D eigenvalue weighted by Crippen LogP contribution is -2.30. The summed E-state index contributed by atoms with van der Waals surface area (Å²) in [5.41, 5.74) is 0. The number of carbonyl (C=O) groups excluding carboxylic acids is 3. The van der Waals surface area contributed by atoms with Crippen molar-refractivity contribution in [2.45, 2.75) is 219 Å². The zero-order valence-corrected chi connectivity index (χ0v) is 41.7. The molecular formula is C59H94O6. The topological polar surface area (TPSA) is 78.9 Å². The van der Waals surface area contributed by atoms with Crippen molar-refractivity contribution in [2.24, 2.45) is 0 Å². The number of ether oxygens (including phenoxy) is 3. The Morgan fingerprint density at radius 3 is 1.14 bits per heavy atom. The first-order chi connectivity index (χ1) is 32.0. The molecule has 0 aromatic rings. The smallest absolute Gasteiger partial charge is 0.306 e. The minimum atomic E-state index is -0.835. The Hall–Kier alpha value is -4.19. The lowest BCUT2D eigenvalue weighted by Gasteiger charge is -2.18. The number of rotatable bonds is 45. The molecule has 0 aliphatic heterocycles. The number of esters is 3. The fourth-order valence-corrected chi connectivity index (χ4v) is 6.52. The lowest BCUT2D eigenvalue weighted by molar-refractivity contribution is -0.166. The van der Waals surface area contributed by atoms with E-state index in [1.807, 2.05) is 12.2 Å². The van der Waals surface area contributed by atoms with E-state index in [0.717, 1.165) is 103 Å². The van der Waals surface area contributed by atoms with E-state index in [4.69, 9.17) is 14.2 Å². The molecule has 0 spiro atoms. The van der Waals surface area contributed by atoms with Crippen LogP contribution in [0, 0.1) is 0 Å². The summed E-state index contributed by atoms with van der Waals surface area (Å²) in [6.07, 6.45) is 72.0. The van der Waals surface area contributed by atoms with Crippen LogP contribution in [0.1, 0.15) is 213 Å². The Bertz CT molecular complexity index is 1400. The average Bonchev–Trinajstić information content (AvgIpc) is 3.30. The standard InChI is InChI=1S/C59H94O6/c1-4-7-10-13-16-19-22-24-26-28-29-31-33-35-38-40-43-46-49-52-58(61)64-55-56(65-59(62)53-50-47-44-41-36-21-18-15-12-9-6-3)54-63-57(60)51-48-45-42-39-37-34-32-30-27-25-23-20-17-14-11-8-5-2/h7,10,15-16,18-19,24-27,29,31-32,34-35,38-39,42-43,46,56H,4-6,8-9,11-14,17,20-23,28,30,33,36-37,40-41,44-45,47-55H2,1-3H3/b10-7-,18-15-,19-16-,26-24-,27-25-,31-29-,34-32-,38-35-,42-39-,46-43-/t56-/m0/s1. The third-order valence-electron chi connectivity index (χ3n) is 10.4. The van der Waals surface area contributed by atoms with Crippen LogP contribution in [-0.4, -0.2) is 37.2 Å². The maximum Gasteiger partial charge on any atom is 0.306 e. The summed E-state index contributed by atoms with van der Waals surface area (Å²) in [7, 11) is 0. The summed E-state index contributed by atoms with van der Waals surface area (Å²) in [5.74, 6) is -1.09. The van der Waals surface area contributed by atoms with Gasteiger partial charge in [-0.1, -0.05) is 206 Å². The van der Waals surface area contributed by atoms with Crippen molar-refractivity contribution in [2.75, 3.05) is 13.2 Å². The van der Waals surface area contributed by atoms with Crippen LogP contribution in [-0.2, 0) is 28.6 Å². The summed E-state index contributed by atoms with van der Waals surface area (Å²) < 4.78 is 16.7. The molecule has 65 heavy (non-hydrogen) atoms. The van der Waals surface area contributed by atoms with Crippen molar-refractivity contribution < 1.29 is 28.6 Å². The molecular weight excluding hydrogens is 805 g/mol. The molecule has 1 atom stereocenters. The number of hydrogen-bond donors (Lipinski definition) is 0. The fraction of sp³-hybridized carbons (Fsp3) is 0.610. The first-order valence-electron chi connectivity index (χ1n) is 26.0. The highest BCUT2D eigenvalue weighted by Crippen LogP contribution is 2.12. The molecule has 6 heteroatoms. The largest absolute Gasteiger partial charge is 0.462 e. The van der Waals surface area contributed by atoms with Crippen LogP contribution in [0.15, 0.2) is 122 Å².